The standard InChI is InChI=1S/C16H22F3NO3S/c1-4-6-11-15(16(17,18)19,14(21)23-5-2)20-24(22)13-9-7-12(3)8-10-13/h7-10,20H,4-6,11H2,1-3H3/t15-,24?/m1/s1. The molecule has 0 saturated carbocycles. The van der Waals surface area contributed by atoms with Gasteiger partial charge in [-0.15, -0.1) is 0 Å². The maximum Gasteiger partial charge on any atom is 0.418 e. The highest BCUT2D eigenvalue weighted by Gasteiger charge is 2.62. The molecule has 1 N–H and O–H groups in total. The van der Waals surface area contributed by atoms with Crippen LogP contribution < -0.4 is 4.72 Å². The highest BCUT2D eigenvalue weighted by atomic mass is 32.2. The van der Waals surface area contributed by atoms with Crippen molar-refractivity contribution < 1.29 is 26.9 Å². The second kappa shape index (κ2) is 8.62. The van der Waals surface area contributed by atoms with Crippen LogP contribution in [0.2, 0.25) is 0 Å². The van der Waals surface area contributed by atoms with Crippen LogP contribution in [-0.4, -0.2) is 28.5 Å². The third-order valence-electron chi connectivity index (χ3n) is 3.52. The van der Waals surface area contributed by atoms with Gasteiger partial charge in [0.1, 0.15) is 11.0 Å². The normalized spacial score (nSPS) is 15.6. The van der Waals surface area contributed by atoms with Gasteiger partial charge in [-0.2, -0.15) is 13.2 Å². The number of hydrogen-bond acceptors (Lipinski definition) is 3. The van der Waals surface area contributed by atoms with Crippen LogP contribution in [0.3, 0.4) is 0 Å². The highest BCUT2D eigenvalue weighted by molar-refractivity contribution is 7.83. The first-order valence-electron chi connectivity index (χ1n) is 7.68. The summed E-state index contributed by atoms with van der Waals surface area (Å²) in [5, 5.41) is 0. The van der Waals surface area contributed by atoms with E-state index in [4.69, 9.17) is 0 Å². The molecule has 1 rings (SSSR count). The van der Waals surface area contributed by atoms with Crippen molar-refractivity contribution in [2.75, 3.05) is 6.61 Å². The SMILES string of the molecule is CCCC[C@@](NS(=O)c1ccc(C)cc1)(C(=O)OCC)C(F)(F)F. The number of unbranched alkanes of at least 4 members (excludes halogenated alkanes) is 1. The van der Waals surface area contributed by atoms with E-state index in [2.05, 4.69) is 4.74 Å². The molecule has 1 unspecified atom stereocenters. The molecule has 0 amide bonds. The zero-order chi connectivity index (χ0) is 18.4. The molecule has 0 fully saturated rings. The lowest BCUT2D eigenvalue weighted by atomic mass is 9.93. The fourth-order valence-corrected chi connectivity index (χ4v) is 3.20. The van der Waals surface area contributed by atoms with E-state index in [1.807, 2.05) is 4.72 Å². The van der Waals surface area contributed by atoms with Crippen molar-refractivity contribution in [3.05, 3.63) is 29.8 Å². The zero-order valence-corrected chi connectivity index (χ0v) is 14.7. The number of rotatable bonds is 8. The number of hydrogen-bond donors (Lipinski definition) is 1. The van der Waals surface area contributed by atoms with Crippen molar-refractivity contribution in [1.82, 2.24) is 4.72 Å². The van der Waals surface area contributed by atoms with E-state index in [0.717, 1.165) is 5.56 Å². The van der Waals surface area contributed by atoms with Crippen molar-refractivity contribution in [2.24, 2.45) is 0 Å². The summed E-state index contributed by atoms with van der Waals surface area (Å²) in [6.45, 7) is 4.75. The minimum atomic E-state index is -4.94. The number of alkyl halides is 3. The monoisotopic (exact) mass is 365 g/mol. The molecule has 0 spiro atoms. The Morgan fingerprint density at radius 3 is 2.25 bits per heavy atom. The van der Waals surface area contributed by atoms with Gasteiger partial charge in [-0.25, -0.2) is 13.7 Å². The van der Waals surface area contributed by atoms with Gasteiger partial charge in [0.25, 0.3) is 0 Å². The Balaban J connectivity index is 3.21. The Labute approximate surface area is 142 Å². The number of ether oxygens (including phenoxy) is 1. The van der Waals surface area contributed by atoms with E-state index in [0.29, 0.717) is 6.42 Å². The Kier molecular flexibility index (Phi) is 7.41. The van der Waals surface area contributed by atoms with E-state index < -0.39 is 35.1 Å². The van der Waals surface area contributed by atoms with Crippen LogP contribution in [0.5, 0.6) is 0 Å². The average Bonchev–Trinajstić information content (AvgIpc) is 2.50. The number of esters is 1. The molecular formula is C16H22F3NO3S. The van der Waals surface area contributed by atoms with Crippen molar-refractivity contribution in [2.45, 2.75) is 56.6 Å². The first-order chi connectivity index (χ1) is 11.2. The summed E-state index contributed by atoms with van der Waals surface area (Å²) in [4.78, 5) is 12.3. The molecule has 1 aromatic carbocycles. The largest absolute Gasteiger partial charge is 0.464 e. The maximum absolute atomic E-state index is 13.7. The van der Waals surface area contributed by atoms with Crippen molar-refractivity contribution >= 4 is 17.0 Å². The van der Waals surface area contributed by atoms with Gasteiger partial charge in [0, 0.05) is 0 Å². The molecule has 136 valence electrons. The predicted octanol–water partition coefficient (Wildman–Crippen LogP) is 3.66. The van der Waals surface area contributed by atoms with Crippen LogP contribution in [0.25, 0.3) is 0 Å². The maximum atomic E-state index is 13.7. The Hall–Kier alpha value is -1.41. The van der Waals surface area contributed by atoms with Gasteiger partial charge in [-0.1, -0.05) is 37.5 Å². The highest BCUT2D eigenvalue weighted by Crippen LogP contribution is 2.36. The minimum absolute atomic E-state index is 0.135. The van der Waals surface area contributed by atoms with Gasteiger partial charge in [0.15, 0.2) is 0 Å². The summed E-state index contributed by atoms with van der Waals surface area (Å²) < 4.78 is 60.2. The van der Waals surface area contributed by atoms with E-state index in [1.165, 1.54) is 19.1 Å². The third kappa shape index (κ3) is 4.80. The Bertz CT molecular complexity index is 575. The average molecular weight is 365 g/mol. The molecule has 0 aliphatic carbocycles. The van der Waals surface area contributed by atoms with Gasteiger partial charge >= 0.3 is 12.1 Å². The summed E-state index contributed by atoms with van der Waals surface area (Å²) in [5.41, 5.74) is -2.11. The van der Waals surface area contributed by atoms with E-state index in [-0.39, 0.29) is 17.9 Å². The summed E-state index contributed by atoms with van der Waals surface area (Å²) in [5.74, 6) is -1.45. The Morgan fingerprint density at radius 1 is 1.21 bits per heavy atom. The van der Waals surface area contributed by atoms with Crippen molar-refractivity contribution in [3.8, 4) is 0 Å². The van der Waals surface area contributed by atoms with Crippen LogP contribution in [0, 0.1) is 6.92 Å². The summed E-state index contributed by atoms with van der Waals surface area (Å²) in [6.07, 6.45) is -4.88. The van der Waals surface area contributed by atoms with Crippen LogP contribution in [-0.2, 0) is 20.5 Å². The molecule has 0 aromatic heterocycles. The van der Waals surface area contributed by atoms with Crippen LogP contribution in [0.1, 0.15) is 38.7 Å². The molecule has 0 radical (unpaired) electrons. The lowest BCUT2D eigenvalue weighted by Gasteiger charge is -2.33. The van der Waals surface area contributed by atoms with E-state index in [1.54, 1.807) is 26.0 Å². The lowest BCUT2D eigenvalue weighted by Crippen LogP contribution is -2.63. The molecule has 8 heteroatoms. The molecule has 0 aliphatic heterocycles. The molecule has 0 bridgehead atoms. The van der Waals surface area contributed by atoms with Gasteiger partial charge in [0.2, 0.25) is 5.54 Å². The van der Waals surface area contributed by atoms with Crippen LogP contribution in [0.15, 0.2) is 29.2 Å². The fourth-order valence-electron chi connectivity index (χ4n) is 2.09. The molecule has 2 atom stereocenters. The minimum Gasteiger partial charge on any atom is -0.464 e. The van der Waals surface area contributed by atoms with Crippen molar-refractivity contribution in [1.29, 1.82) is 0 Å². The summed E-state index contributed by atoms with van der Waals surface area (Å²) >= 11 is 0. The second-order valence-corrected chi connectivity index (χ2v) is 6.62. The number of carbonyl (C=O) groups excluding carboxylic acids is 1. The lowest BCUT2D eigenvalue weighted by molar-refractivity contribution is -0.210. The predicted molar refractivity (Wildman–Crippen MR) is 85.7 cm³/mol. The smallest absolute Gasteiger partial charge is 0.418 e. The van der Waals surface area contributed by atoms with Gasteiger partial charge in [-0.3, -0.25) is 0 Å². The fraction of sp³-hybridized carbons (Fsp3) is 0.562. The number of benzene rings is 1. The topological polar surface area (TPSA) is 55.4 Å². The number of nitrogens with one attached hydrogen (secondary N) is 1. The number of halogens is 3. The molecule has 0 aliphatic rings. The molecule has 0 heterocycles. The van der Waals surface area contributed by atoms with Gasteiger partial charge < -0.3 is 4.74 Å². The Morgan fingerprint density at radius 2 is 1.79 bits per heavy atom. The quantitative estimate of drug-likeness (QED) is 0.716. The number of aryl methyl sites for hydroxylation is 1. The first-order valence-corrected chi connectivity index (χ1v) is 8.83. The van der Waals surface area contributed by atoms with E-state index >= 15 is 0 Å². The van der Waals surface area contributed by atoms with Crippen molar-refractivity contribution in [3.63, 3.8) is 0 Å². The zero-order valence-electron chi connectivity index (χ0n) is 13.9. The second-order valence-electron chi connectivity index (χ2n) is 5.41. The molecule has 0 saturated heterocycles. The molecule has 24 heavy (non-hydrogen) atoms. The summed E-state index contributed by atoms with van der Waals surface area (Å²) in [6, 6.07) is 6.20. The molecular weight excluding hydrogens is 343 g/mol. The first kappa shape index (κ1) is 20.6. The van der Waals surface area contributed by atoms with Gasteiger partial charge in [-0.05, 0) is 32.4 Å². The molecule has 1 aromatic rings. The van der Waals surface area contributed by atoms with E-state index in [9.17, 15) is 22.2 Å². The number of carbonyl (C=O) groups is 1. The van der Waals surface area contributed by atoms with Crippen LogP contribution >= 0.6 is 0 Å². The summed E-state index contributed by atoms with van der Waals surface area (Å²) in [7, 11) is -2.21. The van der Waals surface area contributed by atoms with Crippen LogP contribution in [0.4, 0.5) is 13.2 Å². The molecule has 4 nitrogen and oxygen atoms in total. The van der Waals surface area contributed by atoms with Gasteiger partial charge in [0.05, 0.1) is 11.5 Å². The third-order valence-corrected chi connectivity index (χ3v) is 4.75.